The third-order valence-electron chi connectivity index (χ3n) is 4.37. The summed E-state index contributed by atoms with van der Waals surface area (Å²) in [6.07, 6.45) is 3.15. The summed E-state index contributed by atoms with van der Waals surface area (Å²) in [6, 6.07) is 19.5. The van der Waals surface area contributed by atoms with Crippen molar-refractivity contribution in [2.45, 2.75) is 50.7 Å². The Morgan fingerprint density at radius 2 is 0.955 bits per heavy atom. The average Bonchev–Trinajstić information content (AvgIpc) is 2.53. The molecule has 0 aliphatic carbocycles. The molecule has 2 aromatic carbocycles. The number of aliphatic hydroxyl groups is 2. The fourth-order valence-corrected chi connectivity index (χ4v) is 2.82. The van der Waals surface area contributed by atoms with E-state index in [1.54, 1.807) is 0 Å². The van der Waals surface area contributed by atoms with Crippen molar-refractivity contribution in [3.8, 4) is 0 Å². The van der Waals surface area contributed by atoms with E-state index in [4.69, 9.17) is 0 Å². The molecule has 2 N–H and O–H groups in total. The van der Waals surface area contributed by atoms with Crippen LogP contribution in [0.25, 0.3) is 0 Å². The van der Waals surface area contributed by atoms with Crippen molar-refractivity contribution in [2.75, 3.05) is 0 Å². The summed E-state index contributed by atoms with van der Waals surface area (Å²) in [5, 5.41) is 21.1. The highest BCUT2D eigenvalue weighted by Gasteiger charge is 2.25. The fraction of sp³-hybridized carbons (Fsp3) is 0.400. The first kappa shape index (κ1) is 16.7. The van der Waals surface area contributed by atoms with Crippen LogP contribution in [0.2, 0.25) is 0 Å². The van der Waals surface area contributed by atoms with E-state index >= 15 is 0 Å². The zero-order valence-electron chi connectivity index (χ0n) is 13.5. The molecule has 118 valence electrons. The standard InChI is InChI=1S/C20H26O2/c1-19(21,17-11-5-3-6-12-17)15-9-10-16-20(2,22)18-13-7-4-8-14-18/h3-8,11-14,21-22H,9-10,15-16H2,1-2H3. The lowest BCUT2D eigenvalue weighted by Gasteiger charge is -2.26. The fourth-order valence-electron chi connectivity index (χ4n) is 2.82. The molecule has 22 heavy (non-hydrogen) atoms. The Morgan fingerprint density at radius 1 is 0.636 bits per heavy atom. The van der Waals surface area contributed by atoms with Crippen LogP contribution in [-0.4, -0.2) is 10.2 Å². The summed E-state index contributed by atoms with van der Waals surface area (Å²) >= 11 is 0. The zero-order valence-corrected chi connectivity index (χ0v) is 13.5. The maximum Gasteiger partial charge on any atom is 0.0868 e. The van der Waals surface area contributed by atoms with Crippen LogP contribution in [0.15, 0.2) is 60.7 Å². The molecule has 0 saturated carbocycles. The molecule has 0 radical (unpaired) electrons. The second-order valence-corrected chi connectivity index (χ2v) is 6.49. The smallest absolute Gasteiger partial charge is 0.0868 e. The highest BCUT2D eigenvalue weighted by molar-refractivity contribution is 5.22. The first-order chi connectivity index (χ1) is 10.4. The number of hydrogen-bond acceptors (Lipinski definition) is 2. The quantitative estimate of drug-likeness (QED) is 0.746. The van der Waals surface area contributed by atoms with Gasteiger partial charge in [-0.1, -0.05) is 73.5 Å². The van der Waals surface area contributed by atoms with Crippen molar-refractivity contribution in [3.05, 3.63) is 71.8 Å². The topological polar surface area (TPSA) is 40.5 Å². The zero-order chi connectivity index (χ0) is 16.1. The number of benzene rings is 2. The molecule has 0 aromatic heterocycles. The Labute approximate surface area is 133 Å². The number of hydrogen-bond donors (Lipinski definition) is 2. The molecule has 2 unspecified atom stereocenters. The van der Waals surface area contributed by atoms with Gasteiger partial charge < -0.3 is 10.2 Å². The first-order valence-corrected chi connectivity index (χ1v) is 7.98. The monoisotopic (exact) mass is 298 g/mol. The van der Waals surface area contributed by atoms with Gasteiger partial charge in [0.05, 0.1) is 11.2 Å². The molecule has 2 aromatic rings. The van der Waals surface area contributed by atoms with Crippen molar-refractivity contribution in [2.24, 2.45) is 0 Å². The van der Waals surface area contributed by atoms with Gasteiger partial charge in [0, 0.05) is 0 Å². The minimum absolute atomic E-state index is 0.696. The molecular formula is C20H26O2. The first-order valence-electron chi connectivity index (χ1n) is 7.98. The van der Waals surface area contributed by atoms with Crippen LogP contribution < -0.4 is 0 Å². The van der Waals surface area contributed by atoms with Crippen LogP contribution in [0.5, 0.6) is 0 Å². The lowest BCUT2D eigenvalue weighted by atomic mass is 9.87. The molecule has 0 aliphatic rings. The predicted octanol–water partition coefficient (Wildman–Crippen LogP) is 4.36. The molecule has 2 rings (SSSR count). The van der Waals surface area contributed by atoms with Crippen molar-refractivity contribution in [3.63, 3.8) is 0 Å². The van der Waals surface area contributed by atoms with E-state index in [1.807, 2.05) is 74.5 Å². The Balaban J connectivity index is 1.84. The average molecular weight is 298 g/mol. The van der Waals surface area contributed by atoms with E-state index in [2.05, 4.69) is 0 Å². The molecule has 0 spiro atoms. The second-order valence-electron chi connectivity index (χ2n) is 6.49. The van der Waals surface area contributed by atoms with Crippen molar-refractivity contribution in [1.29, 1.82) is 0 Å². The minimum atomic E-state index is -0.806. The highest BCUT2D eigenvalue weighted by Crippen LogP contribution is 2.30. The summed E-state index contributed by atoms with van der Waals surface area (Å²) in [6.45, 7) is 3.72. The third-order valence-corrected chi connectivity index (χ3v) is 4.37. The molecule has 2 heteroatoms. The molecule has 2 nitrogen and oxygen atoms in total. The van der Waals surface area contributed by atoms with E-state index in [0.29, 0.717) is 12.8 Å². The summed E-state index contributed by atoms with van der Waals surface area (Å²) in [4.78, 5) is 0. The van der Waals surface area contributed by atoms with Crippen LogP contribution in [-0.2, 0) is 11.2 Å². The van der Waals surface area contributed by atoms with Crippen molar-refractivity contribution < 1.29 is 10.2 Å². The van der Waals surface area contributed by atoms with E-state index in [9.17, 15) is 10.2 Å². The normalized spacial score (nSPS) is 16.7. The SMILES string of the molecule is CC(O)(CCCCC(C)(O)c1ccccc1)c1ccccc1. The van der Waals surface area contributed by atoms with Gasteiger partial charge in [-0.2, -0.15) is 0 Å². The molecule has 0 fully saturated rings. The van der Waals surface area contributed by atoms with Crippen molar-refractivity contribution in [1.82, 2.24) is 0 Å². The third kappa shape index (κ3) is 4.43. The van der Waals surface area contributed by atoms with Crippen LogP contribution in [0.4, 0.5) is 0 Å². The Bertz CT molecular complexity index is 505. The van der Waals surface area contributed by atoms with Crippen molar-refractivity contribution >= 4 is 0 Å². The molecule has 0 aliphatic heterocycles. The molecular weight excluding hydrogens is 272 g/mol. The summed E-state index contributed by atoms with van der Waals surface area (Å²) < 4.78 is 0. The van der Waals surface area contributed by atoms with Gasteiger partial charge in [0.15, 0.2) is 0 Å². The van der Waals surface area contributed by atoms with Crippen LogP contribution in [0.3, 0.4) is 0 Å². The van der Waals surface area contributed by atoms with E-state index in [0.717, 1.165) is 24.0 Å². The van der Waals surface area contributed by atoms with Crippen LogP contribution >= 0.6 is 0 Å². The van der Waals surface area contributed by atoms with Crippen LogP contribution in [0.1, 0.15) is 50.7 Å². The number of rotatable bonds is 7. The van der Waals surface area contributed by atoms with Gasteiger partial charge in [0.25, 0.3) is 0 Å². The van der Waals surface area contributed by atoms with Gasteiger partial charge in [-0.05, 0) is 37.8 Å². The van der Waals surface area contributed by atoms with Gasteiger partial charge in [0.2, 0.25) is 0 Å². The maximum absolute atomic E-state index is 10.6. The molecule has 0 saturated heterocycles. The van der Waals surface area contributed by atoms with Gasteiger partial charge >= 0.3 is 0 Å². The molecule has 2 atom stereocenters. The van der Waals surface area contributed by atoms with E-state index < -0.39 is 11.2 Å². The molecule has 0 bridgehead atoms. The Morgan fingerprint density at radius 3 is 1.27 bits per heavy atom. The van der Waals surface area contributed by atoms with Gasteiger partial charge in [0.1, 0.15) is 0 Å². The lowest BCUT2D eigenvalue weighted by Crippen LogP contribution is -2.23. The maximum atomic E-state index is 10.6. The van der Waals surface area contributed by atoms with Gasteiger partial charge in [-0.15, -0.1) is 0 Å². The molecule has 0 amide bonds. The van der Waals surface area contributed by atoms with E-state index in [1.165, 1.54) is 0 Å². The van der Waals surface area contributed by atoms with Gasteiger partial charge in [-0.25, -0.2) is 0 Å². The minimum Gasteiger partial charge on any atom is -0.385 e. The highest BCUT2D eigenvalue weighted by atomic mass is 16.3. The Kier molecular flexibility index (Phi) is 5.38. The summed E-state index contributed by atoms with van der Waals surface area (Å²) in [5.74, 6) is 0. The van der Waals surface area contributed by atoms with E-state index in [-0.39, 0.29) is 0 Å². The Hall–Kier alpha value is -1.64. The van der Waals surface area contributed by atoms with Crippen LogP contribution in [0, 0.1) is 0 Å². The predicted molar refractivity (Wildman–Crippen MR) is 90.5 cm³/mol. The summed E-state index contributed by atoms with van der Waals surface area (Å²) in [7, 11) is 0. The molecule has 0 heterocycles. The largest absolute Gasteiger partial charge is 0.385 e. The number of unbranched alkanes of at least 4 members (excludes halogenated alkanes) is 1. The second kappa shape index (κ2) is 7.08. The summed E-state index contributed by atoms with van der Waals surface area (Å²) in [5.41, 5.74) is 0.286. The van der Waals surface area contributed by atoms with Gasteiger partial charge in [-0.3, -0.25) is 0 Å². The lowest BCUT2D eigenvalue weighted by molar-refractivity contribution is 0.0296.